The van der Waals surface area contributed by atoms with Crippen molar-refractivity contribution in [3.05, 3.63) is 76.6 Å². The third-order valence-corrected chi connectivity index (χ3v) is 6.01. The van der Waals surface area contributed by atoms with E-state index in [2.05, 4.69) is 52.5 Å². The maximum absolute atomic E-state index is 12.7. The predicted molar refractivity (Wildman–Crippen MR) is 125 cm³/mol. The summed E-state index contributed by atoms with van der Waals surface area (Å²) in [5, 5.41) is 16.0. The third kappa shape index (κ3) is 3.73. The fourth-order valence-corrected chi connectivity index (χ4v) is 4.48. The Morgan fingerprint density at radius 3 is 2.76 bits per heavy atom. The Labute approximate surface area is 191 Å². The number of fused-ring (bicyclic) bond motifs is 1. The van der Waals surface area contributed by atoms with Gasteiger partial charge in [0.25, 0.3) is 5.95 Å². The standard InChI is InChI=1S/C25H24N6O2/c1-14-8-9-19(15(2)10-14)20-12-22(32)28-24-23(20)16(3)30-31(24)25-27-21(13-26-29-25)17-6-5-7-18(11-17)33-4/h5-11,13,20H,12H2,1-4H3,(H,28,32)/t20-/m1/s1. The number of ether oxygens (including phenoxy) is 1. The number of hydrogen-bond acceptors (Lipinski definition) is 6. The first-order valence-corrected chi connectivity index (χ1v) is 10.8. The lowest BCUT2D eigenvalue weighted by molar-refractivity contribution is -0.116. The zero-order valence-electron chi connectivity index (χ0n) is 19.0. The number of amides is 1. The second-order valence-electron chi connectivity index (χ2n) is 8.30. The van der Waals surface area contributed by atoms with Crippen LogP contribution in [0.5, 0.6) is 5.75 Å². The van der Waals surface area contributed by atoms with Gasteiger partial charge < -0.3 is 10.1 Å². The molecule has 0 unspecified atom stereocenters. The summed E-state index contributed by atoms with van der Waals surface area (Å²) >= 11 is 0. The normalized spacial score (nSPS) is 15.2. The van der Waals surface area contributed by atoms with Crippen LogP contribution in [-0.4, -0.2) is 38.0 Å². The summed E-state index contributed by atoms with van der Waals surface area (Å²) in [6.45, 7) is 6.10. The van der Waals surface area contributed by atoms with E-state index >= 15 is 0 Å². The maximum atomic E-state index is 12.7. The number of carbonyl (C=O) groups is 1. The van der Waals surface area contributed by atoms with Crippen molar-refractivity contribution in [3.63, 3.8) is 0 Å². The Morgan fingerprint density at radius 2 is 1.97 bits per heavy atom. The number of aryl methyl sites for hydroxylation is 3. The highest BCUT2D eigenvalue weighted by Crippen LogP contribution is 2.41. The van der Waals surface area contributed by atoms with Crippen LogP contribution in [0.15, 0.2) is 48.7 Å². The highest BCUT2D eigenvalue weighted by atomic mass is 16.5. The van der Waals surface area contributed by atoms with E-state index in [1.807, 2.05) is 31.2 Å². The fourth-order valence-electron chi connectivity index (χ4n) is 4.48. The molecule has 4 aromatic rings. The van der Waals surface area contributed by atoms with E-state index in [1.165, 1.54) is 5.56 Å². The molecule has 1 aliphatic rings. The van der Waals surface area contributed by atoms with Crippen molar-refractivity contribution in [2.24, 2.45) is 0 Å². The summed E-state index contributed by atoms with van der Waals surface area (Å²) in [4.78, 5) is 17.4. The summed E-state index contributed by atoms with van der Waals surface area (Å²) in [6, 6.07) is 13.9. The molecule has 0 saturated carbocycles. The molecule has 1 N–H and O–H groups in total. The molecule has 1 amide bonds. The zero-order chi connectivity index (χ0) is 23.1. The number of hydrogen-bond donors (Lipinski definition) is 1. The summed E-state index contributed by atoms with van der Waals surface area (Å²) in [6.07, 6.45) is 1.96. The summed E-state index contributed by atoms with van der Waals surface area (Å²) in [7, 11) is 1.62. The number of benzene rings is 2. The highest BCUT2D eigenvalue weighted by Gasteiger charge is 2.34. The van der Waals surface area contributed by atoms with Crippen molar-refractivity contribution in [3.8, 4) is 23.0 Å². The minimum absolute atomic E-state index is 0.0643. The van der Waals surface area contributed by atoms with E-state index in [0.29, 0.717) is 23.9 Å². The van der Waals surface area contributed by atoms with Gasteiger partial charge in [-0.1, -0.05) is 35.9 Å². The molecule has 1 atom stereocenters. The van der Waals surface area contributed by atoms with Gasteiger partial charge in [-0.15, -0.1) is 5.10 Å². The lowest BCUT2D eigenvalue weighted by atomic mass is 9.83. The largest absolute Gasteiger partial charge is 0.497 e. The molecule has 0 radical (unpaired) electrons. The van der Waals surface area contributed by atoms with Crippen LogP contribution in [0, 0.1) is 20.8 Å². The van der Waals surface area contributed by atoms with E-state index in [-0.39, 0.29) is 11.8 Å². The maximum Gasteiger partial charge on any atom is 0.272 e. The van der Waals surface area contributed by atoms with Gasteiger partial charge in [-0.2, -0.15) is 14.9 Å². The molecule has 1 aliphatic heterocycles. The second kappa shape index (κ2) is 8.12. The molecule has 0 spiro atoms. The lowest BCUT2D eigenvalue weighted by Crippen LogP contribution is -2.25. The SMILES string of the molecule is COc1cccc(-c2cnnc(-n3nc(C)c4c3NC(=O)C[C@@H]4c3ccc(C)cc3C)n2)c1. The van der Waals surface area contributed by atoms with E-state index in [0.717, 1.165) is 33.7 Å². The van der Waals surface area contributed by atoms with E-state index < -0.39 is 0 Å². The molecular formula is C25H24N6O2. The molecule has 166 valence electrons. The Balaban J connectivity index is 1.61. The van der Waals surface area contributed by atoms with E-state index in [4.69, 9.17) is 9.84 Å². The molecule has 33 heavy (non-hydrogen) atoms. The molecule has 5 rings (SSSR count). The number of carbonyl (C=O) groups excluding carboxylic acids is 1. The summed E-state index contributed by atoms with van der Waals surface area (Å²) < 4.78 is 6.90. The van der Waals surface area contributed by atoms with Crippen molar-refractivity contribution < 1.29 is 9.53 Å². The van der Waals surface area contributed by atoms with Gasteiger partial charge in [0.2, 0.25) is 5.91 Å². The van der Waals surface area contributed by atoms with Gasteiger partial charge in [0, 0.05) is 23.5 Å². The molecule has 0 aliphatic carbocycles. The molecule has 0 saturated heterocycles. The summed E-state index contributed by atoms with van der Waals surface area (Å²) in [5.41, 5.74) is 6.77. The average molecular weight is 441 g/mol. The van der Waals surface area contributed by atoms with Gasteiger partial charge in [0.1, 0.15) is 11.6 Å². The van der Waals surface area contributed by atoms with Gasteiger partial charge >= 0.3 is 0 Å². The van der Waals surface area contributed by atoms with Crippen molar-refractivity contribution in [1.82, 2.24) is 25.0 Å². The first-order chi connectivity index (χ1) is 15.9. The Bertz CT molecular complexity index is 1380. The molecule has 8 heteroatoms. The Kier molecular flexibility index (Phi) is 5.12. The zero-order valence-corrected chi connectivity index (χ0v) is 19.0. The van der Waals surface area contributed by atoms with Crippen LogP contribution in [-0.2, 0) is 4.79 Å². The van der Waals surface area contributed by atoms with Crippen molar-refractivity contribution in [2.45, 2.75) is 33.1 Å². The first kappa shape index (κ1) is 20.8. The van der Waals surface area contributed by atoms with Gasteiger partial charge in [0.15, 0.2) is 0 Å². The summed E-state index contributed by atoms with van der Waals surface area (Å²) in [5.74, 6) is 1.46. The van der Waals surface area contributed by atoms with Crippen LogP contribution in [0.4, 0.5) is 5.82 Å². The monoisotopic (exact) mass is 440 g/mol. The Hall–Kier alpha value is -4.07. The van der Waals surface area contributed by atoms with Crippen LogP contribution in [0.25, 0.3) is 17.2 Å². The van der Waals surface area contributed by atoms with Crippen LogP contribution in [0.3, 0.4) is 0 Å². The fraction of sp³-hybridized carbons (Fsp3) is 0.240. The predicted octanol–water partition coefficient (Wildman–Crippen LogP) is 4.13. The van der Waals surface area contributed by atoms with Gasteiger partial charge in [0.05, 0.1) is 24.7 Å². The highest BCUT2D eigenvalue weighted by molar-refractivity contribution is 5.95. The minimum atomic E-state index is -0.0855. The van der Waals surface area contributed by atoms with Crippen molar-refractivity contribution in [2.75, 3.05) is 12.4 Å². The Morgan fingerprint density at radius 1 is 1.12 bits per heavy atom. The van der Waals surface area contributed by atoms with Crippen LogP contribution in [0.2, 0.25) is 0 Å². The smallest absolute Gasteiger partial charge is 0.272 e. The minimum Gasteiger partial charge on any atom is -0.497 e. The quantitative estimate of drug-likeness (QED) is 0.513. The number of rotatable bonds is 4. The van der Waals surface area contributed by atoms with Crippen LogP contribution < -0.4 is 10.1 Å². The topological polar surface area (TPSA) is 94.8 Å². The molecular weight excluding hydrogens is 416 g/mol. The lowest BCUT2D eigenvalue weighted by Gasteiger charge is -2.25. The second-order valence-corrected chi connectivity index (χ2v) is 8.30. The van der Waals surface area contributed by atoms with E-state index in [9.17, 15) is 4.79 Å². The van der Waals surface area contributed by atoms with E-state index in [1.54, 1.807) is 18.0 Å². The molecule has 0 bridgehead atoms. The molecule has 0 fully saturated rings. The molecule has 8 nitrogen and oxygen atoms in total. The number of methoxy groups -OCH3 is 1. The van der Waals surface area contributed by atoms with Crippen molar-refractivity contribution in [1.29, 1.82) is 0 Å². The average Bonchev–Trinajstić information content (AvgIpc) is 3.15. The van der Waals surface area contributed by atoms with Gasteiger partial charge in [-0.05, 0) is 44.0 Å². The van der Waals surface area contributed by atoms with Crippen LogP contribution >= 0.6 is 0 Å². The van der Waals surface area contributed by atoms with Gasteiger partial charge in [-0.25, -0.2) is 4.98 Å². The van der Waals surface area contributed by atoms with Gasteiger partial charge in [-0.3, -0.25) is 4.79 Å². The van der Waals surface area contributed by atoms with Crippen molar-refractivity contribution >= 4 is 11.7 Å². The molecule has 2 aromatic carbocycles. The number of anilines is 1. The number of nitrogens with zero attached hydrogens (tertiary/aromatic N) is 5. The molecule has 3 heterocycles. The van der Waals surface area contributed by atoms with Crippen LogP contribution in [0.1, 0.15) is 40.3 Å². The number of nitrogens with one attached hydrogen (secondary N) is 1. The first-order valence-electron chi connectivity index (χ1n) is 10.8. The molecule has 2 aromatic heterocycles. The number of aromatic nitrogens is 5. The third-order valence-electron chi connectivity index (χ3n) is 6.01.